The molecule has 2 heterocycles. The van der Waals surface area contributed by atoms with Crippen LogP contribution in [0.2, 0.25) is 0 Å². The van der Waals surface area contributed by atoms with E-state index in [1.165, 1.54) is 19.3 Å². The van der Waals surface area contributed by atoms with Crippen LogP contribution in [-0.4, -0.2) is 18.1 Å². The van der Waals surface area contributed by atoms with E-state index in [1.807, 2.05) is 0 Å². The Kier molecular flexibility index (Phi) is 3.50. The van der Waals surface area contributed by atoms with Crippen LogP contribution in [0.3, 0.4) is 0 Å². The van der Waals surface area contributed by atoms with Crippen LogP contribution in [0.15, 0.2) is 5.38 Å². The van der Waals surface area contributed by atoms with Crippen molar-refractivity contribution in [1.29, 1.82) is 0 Å². The Morgan fingerprint density at radius 2 is 2.19 bits per heavy atom. The molecule has 0 spiro atoms. The first-order valence-electron chi connectivity index (χ1n) is 6.06. The summed E-state index contributed by atoms with van der Waals surface area (Å²) in [6.07, 6.45) is 3.84. The molecular weight excluding hydrogens is 218 g/mol. The van der Waals surface area contributed by atoms with Gasteiger partial charge in [0.2, 0.25) is 0 Å². The molecule has 4 heteroatoms. The third-order valence-corrected chi connectivity index (χ3v) is 4.79. The molecule has 0 saturated carbocycles. The highest BCUT2D eigenvalue weighted by molar-refractivity contribution is 7.13. The van der Waals surface area contributed by atoms with Gasteiger partial charge in [0.1, 0.15) is 0 Å². The molecule has 0 atom stereocenters. The van der Waals surface area contributed by atoms with Gasteiger partial charge < -0.3 is 10.6 Å². The molecule has 3 nitrogen and oxygen atoms in total. The fourth-order valence-corrected chi connectivity index (χ4v) is 3.02. The summed E-state index contributed by atoms with van der Waals surface area (Å²) in [6.45, 7) is 7.53. The van der Waals surface area contributed by atoms with Crippen molar-refractivity contribution in [3.63, 3.8) is 0 Å². The van der Waals surface area contributed by atoms with Gasteiger partial charge >= 0.3 is 0 Å². The van der Waals surface area contributed by atoms with Crippen LogP contribution in [0.1, 0.15) is 38.8 Å². The first-order valence-corrected chi connectivity index (χ1v) is 6.94. The number of thiazole rings is 1. The first-order chi connectivity index (χ1) is 7.67. The second kappa shape index (κ2) is 4.72. The lowest BCUT2D eigenvalue weighted by molar-refractivity contribution is 0.238. The Balaban J connectivity index is 1.98. The topological polar surface area (TPSA) is 42.2 Å². The van der Waals surface area contributed by atoms with Crippen LogP contribution < -0.4 is 10.6 Å². The second-order valence-corrected chi connectivity index (χ2v) is 5.81. The summed E-state index contributed by atoms with van der Waals surface area (Å²) in [5, 5.41) is 3.22. The summed E-state index contributed by atoms with van der Waals surface area (Å²) in [5.74, 6) is 0. The molecule has 0 aromatic carbocycles. The minimum atomic E-state index is 0.546. The third-order valence-electron chi connectivity index (χ3n) is 3.84. The van der Waals surface area contributed by atoms with E-state index in [4.69, 9.17) is 5.73 Å². The number of nitrogens with zero attached hydrogens (tertiary/aromatic N) is 2. The number of anilines is 1. The standard InChI is InChI=1S/C12H21N3S/c1-3-12(2)4-6-15(7-5-12)11-14-10(8-13)9-16-11/h9H,3-8,13H2,1-2H3. The molecule has 0 aliphatic carbocycles. The summed E-state index contributed by atoms with van der Waals surface area (Å²) in [6, 6.07) is 0. The zero-order chi connectivity index (χ0) is 11.6. The molecule has 0 amide bonds. The van der Waals surface area contributed by atoms with Gasteiger partial charge in [-0.3, -0.25) is 0 Å². The van der Waals surface area contributed by atoms with Crippen molar-refractivity contribution in [2.24, 2.45) is 11.1 Å². The molecular formula is C12H21N3S. The molecule has 2 N–H and O–H groups in total. The summed E-state index contributed by atoms with van der Waals surface area (Å²) in [7, 11) is 0. The van der Waals surface area contributed by atoms with E-state index in [0.29, 0.717) is 12.0 Å². The molecule has 0 radical (unpaired) electrons. The summed E-state index contributed by atoms with van der Waals surface area (Å²) >= 11 is 1.72. The first kappa shape index (κ1) is 11.9. The van der Waals surface area contributed by atoms with Gasteiger partial charge in [0, 0.05) is 25.0 Å². The lowest BCUT2D eigenvalue weighted by Gasteiger charge is -2.38. The smallest absolute Gasteiger partial charge is 0.185 e. The summed E-state index contributed by atoms with van der Waals surface area (Å²) < 4.78 is 0. The maximum Gasteiger partial charge on any atom is 0.185 e. The minimum absolute atomic E-state index is 0.546. The predicted molar refractivity (Wildman–Crippen MR) is 69.9 cm³/mol. The van der Waals surface area contributed by atoms with Crippen LogP contribution in [-0.2, 0) is 6.54 Å². The lowest BCUT2D eigenvalue weighted by Crippen LogP contribution is -2.38. The quantitative estimate of drug-likeness (QED) is 0.881. The van der Waals surface area contributed by atoms with Crippen LogP contribution in [0.25, 0.3) is 0 Å². The molecule has 2 rings (SSSR count). The maximum absolute atomic E-state index is 5.58. The second-order valence-electron chi connectivity index (χ2n) is 4.98. The van der Waals surface area contributed by atoms with Crippen molar-refractivity contribution in [3.05, 3.63) is 11.1 Å². The molecule has 1 aromatic rings. The lowest BCUT2D eigenvalue weighted by atomic mass is 9.78. The maximum atomic E-state index is 5.58. The van der Waals surface area contributed by atoms with Crippen LogP contribution >= 0.6 is 11.3 Å². The largest absolute Gasteiger partial charge is 0.348 e. The highest BCUT2D eigenvalue weighted by atomic mass is 32.1. The van der Waals surface area contributed by atoms with Gasteiger partial charge in [0.15, 0.2) is 5.13 Å². The van der Waals surface area contributed by atoms with E-state index in [1.54, 1.807) is 11.3 Å². The van der Waals surface area contributed by atoms with E-state index in [-0.39, 0.29) is 0 Å². The van der Waals surface area contributed by atoms with Gasteiger partial charge in [-0.05, 0) is 18.3 Å². The fourth-order valence-electron chi connectivity index (χ4n) is 2.13. The monoisotopic (exact) mass is 239 g/mol. The Labute approximate surface area is 102 Å². The third kappa shape index (κ3) is 2.38. The number of nitrogens with two attached hydrogens (primary N) is 1. The summed E-state index contributed by atoms with van der Waals surface area (Å²) in [4.78, 5) is 6.95. The van der Waals surface area contributed by atoms with Crippen molar-refractivity contribution < 1.29 is 0 Å². The van der Waals surface area contributed by atoms with E-state index in [0.717, 1.165) is 23.9 Å². The highest BCUT2D eigenvalue weighted by Crippen LogP contribution is 2.36. The number of piperidine rings is 1. The summed E-state index contributed by atoms with van der Waals surface area (Å²) in [5.41, 5.74) is 7.15. The SMILES string of the molecule is CCC1(C)CCN(c2nc(CN)cs2)CC1. The number of rotatable bonds is 3. The van der Waals surface area contributed by atoms with E-state index < -0.39 is 0 Å². The van der Waals surface area contributed by atoms with Gasteiger partial charge in [-0.1, -0.05) is 20.3 Å². The molecule has 0 unspecified atom stereocenters. The van der Waals surface area contributed by atoms with E-state index >= 15 is 0 Å². The fraction of sp³-hybridized carbons (Fsp3) is 0.750. The van der Waals surface area contributed by atoms with Crippen molar-refractivity contribution >= 4 is 16.5 Å². The normalized spacial score (nSPS) is 20.1. The Morgan fingerprint density at radius 1 is 1.50 bits per heavy atom. The zero-order valence-corrected chi connectivity index (χ0v) is 11.0. The highest BCUT2D eigenvalue weighted by Gasteiger charge is 2.29. The van der Waals surface area contributed by atoms with Gasteiger partial charge in [-0.25, -0.2) is 4.98 Å². The van der Waals surface area contributed by atoms with Gasteiger partial charge in [0.05, 0.1) is 5.69 Å². The molecule has 0 bridgehead atoms. The van der Waals surface area contributed by atoms with Crippen molar-refractivity contribution in [2.45, 2.75) is 39.7 Å². The molecule has 1 saturated heterocycles. The number of aromatic nitrogens is 1. The van der Waals surface area contributed by atoms with Gasteiger partial charge in [-0.2, -0.15) is 0 Å². The van der Waals surface area contributed by atoms with Gasteiger partial charge in [-0.15, -0.1) is 11.3 Å². The zero-order valence-electron chi connectivity index (χ0n) is 10.2. The molecule has 1 fully saturated rings. The van der Waals surface area contributed by atoms with Crippen LogP contribution in [0, 0.1) is 5.41 Å². The molecule has 1 aliphatic heterocycles. The van der Waals surface area contributed by atoms with Crippen molar-refractivity contribution in [2.75, 3.05) is 18.0 Å². The molecule has 1 aromatic heterocycles. The average Bonchev–Trinajstić information content (AvgIpc) is 2.79. The van der Waals surface area contributed by atoms with E-state index in [2.05, 4.69) is 29.1 Å². The number of hydrogen-bond donors (Lipinski definition) is 1. The Hall–Kier alpha value is -0.610. The van der Waals surface area contributed by atoms with Crippen LogP contribution in [0.4, 0.5) is 5.13 Å². The van der Waals surface area contributed by atoms with Crippen molar-refractivity contribution in [3.8, 4) is 0 Å². The minimum Gasteiger partial charge on any atom is -0.348 e. The Morgan fingerprint density at radius 3 is 2.69 bits per heavy atom. The Bertz CT molecular complexity index is 340. The number of hydrogen-bond acceptors (Lipinski definition) is 4. The van der Waals surface area contributed by atoms with Crippen molar-refractivity contribution in [1.82, 2.24) is 4.98 Å². The van der Waals surface area contributed by atoms with E-state index in [9.17, 15) is 0 Å². The molecule has 1 aliphatic rings. The van der Waals surface area contributed by atoms with Gasteiger partial charge in [0.25, 0.3) is 0 Å². The predicted octanol–water partition coefficient (Wildman–Crippen LogP) is 2.62. The average molecular weight is 239 g/mol. The van der Waals surface area contributed by atoms with Crippen LogP contribution in [0.5, 0.6) is 0 Å². The molecule has 16 heavy (non-hydrogen) atoms. The molecule has 90 valence electrons.